The average molecular weight is 392 g/mol. The summed E-state index contributed by atoms with van der Waals surface area (Å²) in [6, 6.07) is 6.24. The van der Waals surface area contributed by atoms with Gasteiger partial charge in [-0.3, -0.25) is 0 Å². The van der Waals surface area contributed by atoms with Crippen molar-refractivity contribution >= 4 is 35.3 Å². The van der Waals surface area contributed by atoms with E-state index in [1.807, 2.05) is 0 Å². The van der Waals surface area contributed by atoms with Gasteiger partial charge in [0.2, 0.25) is 0 Å². The molecule has 1 aromatic rings. The van der Waals surface area contributed by atoms with E-state index in [-0.39, 0.29) is 11.4 Å². The number of methoxy groups -OCH3 is 4. The van der Waals surface area contributed by atoms with Crippen molar-refractivity contribution in [3.8, 4) is 0 Å². The average Bonchev–Trinajstić information content (AvgIpc) is 2.72. The molecule has 0 aliphatic heterocycles. The molecule has 0 saturated carbocycles. The van der Waals surface area contributed by atoms with Crippen LogP contribution >= 0.6 is 0 Å². The van der Waals surface area contributed by atoms with Crippen molar-refractivity contribution in [1.82, 2.24) is 0 Å². The number of hydrogen-bond donors (Lipinski definition) is 2. The molecule has 0 atom stereocenters. The van der Waals surface area contributed by atoms with Gasteiger partial charge in [-0.2, -0.15) is 0 Å². The molecule has 0 heterocycles. The highest BCUT2D eigenvalue weighted by atomic mass is 16.5. The molecule has 0 aliphatic rings. The van der Waals surface area contributed by atoms with Gasteiger partial charge in [-0.1, -0.05) is 0 Å². The van der Waals surface area contributed by atoms with Crippen molar-refractivity contribution in [3.63, 3.8) is 0 Å². The molecular weight excluding hydrogens is 372 g/mol. The summed E-state index contributed by atoms with van der Waals surface area (Å²) < 4.78 is 18.2. The first-order valence-electron chi connectivity index (χ1n) is 7.74. The maximum absolute atomic E-state index is 11.7. The predicted octanol–water partition coefficient (Wildman–Crippen LogP) is 0.970. The van der Waals surface area contributed by atoms with Crippen LogP contribution in [0.15, 0.2) is 47.8 Å². The Balaban J connectivity index is 3.00. The van der Waals surface area contributed by atoms with Gasteiger partial charge in [0.05, 0.1) is 40.6 Å². The van der Waals surface area contributed by atoms with E-state index >= 15 is 0 Å². The first-order chi connectivity index (χ1) is 13.3. The minimum Gasteiger partial charge on any atom is -0.466 e. The number of rotatable bonds is 8. The van der Waals surface area contributed by atoms with E-state index in [1.165, 1.54) is 28.4 Å². The molecule has 28 heavy (non-hydrogen) atoms. The molecule has 0 unspecified atom stereocenters. The third-order valence-corrected chi connectivity index (χ3v) is 3.18. The summed E-state index contributed by atoms with van der Waals surface area (Å²) in [6.45, 7) is 0. The van der Waals surface area contributed by atoms with Crippen LogP contribution in [0.25, 0.3) is 0 Å². The van der Waals surface area contributed by atoms with Crippen molar-refractivity contribution in [2.75, 3.05) is 39.1 Å². The molecular formula is C18H20N2O8. The quantitative estimate of drug-likeness (QED) is 0.375. The predicted molar refractivity (Wildman–Crippen MR) is 97.9 cm³/mol. The fourth-order valence-corrected chi connectivity index (χ4v) is 1.81. The van der Waals surface area contributed by atoms with Crippen LogP contribution in [-0.4, -0.2) is 52.3 Å². The molecule has 1 rings (SSSR count). The van der Waals surface area contributed by atoms with Crippen LogP contribution in [0.4, 0.5) is 11.4 Å². The van der Waals surface area contributed by atoms with Crippen LogP contribution in [0, 0.1) is 0 Å². The third-order valence-electron chi connectivity index (χ3n) is 3.18. The van der Waals surface area contributed by atoms with Gasteiger partial charge in [0, 0.05) is 11.4 Å². The number of carbonyl (C=O) groups is 4. The lowest BCUT2D eigenvalue weighted by molar-refractivity contribution is -0.138. The number of benzene rings is 1. The highest BCUT2D eigenvalue weighted by Gasteiger charge is 2.14. The Morgan fingerprint density at radius 3 is 1.21 bits per heavy atom. The van der Waals surface area contributed by atoms with Crippen LogP contribution in [0.3, 0.4) is 0 Å². The Bertz CT molecular complexity index is 729. The molecule has 0 fully saturated rings. The topological polar surface area (TPSA) is 129 Å². The number of esters is 4. The maximum Gasteiger partial charge on any atom is 0.354 e. The molecule has 2 N–H and O–H groups in total. The fraction of sp³-hybridized carbons (Fsp3) is 0.222. The van der Waals surface area contributed by atoms with Crippen molar-refractivity contribution in [2.45, 2.75) is 0 Å². The zero-order valence-corrected chi connectivity index (χ0v) is 15.7. The minimum absolute atomic E-state index is 0.129. The Labute approximate surface area is 161 Å². The zero-order chi connectivity index (χ0) is 21.1. The largest absolute Gasteiger partial charge is 0.466 e. The zero-order valence-electron chi connectivity index (χ0n) is 15.7. The molecule has 0 radical (unpaired) electrons. The molecule has 1 aromatic carbocycles. The summed E-state index contributed by atoms with van der Waals surface area (Å²) in [4.78, 5) is 46.2. The van der Waals surface area contributed by atoms with E-state index in [4.69, 9.17) is 0 Å². The lowest BCUT2D eigenvalue weighted by Gasteiger charge is -2.11. The van der Waals surface area contributed by atoms with Gasteiger partial charge in [-0.05, 0) is 24.3 Å². The second-order valence-electron chi connectivity index (χ2n) is 4.97. The first kappa shape index (κ1) is 22.2. The van der Waals surface area contributed by atoms with Crippen molar-refractivity contribution in [3.05, 3.63) is 47.8 Å². The Morgan fingerprint density at radius 1 is 0.643 bits per heavy atom. The van der Waals surface area contributed by atoms with Crippen LogP contribution in [-0.2, 0) is 38.1 Å². The molecule has 0 aromatic heterocycles. The van der Waals surface area contributed by atoms with Crippen molar-refractivity contribution in [1.29, 1.82) is 0 Å². The van der Waals surface area contributed by atoms with E-state index in [1.54, 1.807) is 24.3 Å². The van der Waals surface area contributed by atoms with Gasteiger partial charge in [0.1, 0.15) is 11.4 Å². The van der Waals surface area contributed by atoms with Gasteiger partial charge in [-0.15, -0.1) is 0 Å². The summed E-state index contributed by atoms with van der Waals surface area (Å²) in [5.74, 6) is -2.99. The third kappa shape index (κ3) is 6.83. The van der Waals surface area contributed by atoms with E-state index < -0.39 is 23.9 Å². The van der Waals surface area contributed by atoms with E-state index in [9.17, 15) is 19.2 Å². The smallest absolute Gasteiger partial charge is 0.354 e. The fourth-order valence-electron chi connectivity index (χ4n) is 1.81. The second kappa shape index (κ2) is 11.0. The molecule has 150 valence electrons. The highest BCUT2D eigenvalue weighted by Crippen LogP contribution is 2.18. The van der Waals surface area contributed by atoms with Gasteiger partial charge in [0.15, 0.2) is 0 Å². The minimum atomic E-state index is -0.762. The summed E-state index contributed by atoms with van der Waals surface area (Å²) in [6.07, 6.45) is 1.90. The molecule has 10 nitrogen and oxygen atoms in total. The lowest BCUT2D eigenvalue weighted by Crippen LogP contribution is -2.16. The summed E-state index contributed by atoms with van der Waals surface area (Å²) in [5.41, 5.74) is 0.636. The number of hydrogen-bond acceptors (Lipinski definition) is 10. The van der Waals surface area contributed by atoms with E-state index in [0.29, 0.717) is 11.4 Å². The monoisotopic (exact) mass is 392 g/mol. The van der Waals surface area contributed by atoms with Gasteiger partial charge in [-0.25, -0.2) is 19.2 Å². The molecule has 0 amide bonds. The Kier molecular flexibility index (Phi) is 8.74. The molecule has 0 aliphatic carbocycles. The van der Waals surface area contributed by atoms with Crippen LogP contribution < -0.4 is 10.6 Å². The molecule has 10 heteroatoms. The van der Waals surface area contributed by atoms with Crippen LogP contribution in [0.5, 0.6) is 0 Å². The van der Waals surface area contributed by atoms with Gasteiger partial charge in [0.25, 0.3) is 0 Å². The van der Waals surface area contributed by atoms with Gasteiger partial charge < -0.3 is 29.6 Å². The standard InChI is InChI=1S/C18H20N2O8/c1-25-15(21)9-13(17(23)27-3)19-11-5-7-12(8-6-11)20-14(18(24)28-4)10-16(22)26-2/h5-10,19-20H,1-4H3/b13-9-,14-10+. The van der Waals surface area contributed by atoms with E-state index in [2.05, 4.69) is 29.6 Å². The molecule has 0 spiro atoms. The van der Waals surface area contributed by atoms with E-state index in [0.717, 1.165) is 12.2 Å². The number of nitrogens with one attached hydrogen (secondary N) is 2. The number of ether oxygens (including phenoxy) is 4. The highest BCUT2D eigenvalue weighted by molar-refractivity contribution is 5.99. The summed E-state index contributed by atoms with van der Waals surface area (Å²) in [7, 11) is 4.69. The number of anilines is 2. The van der Waals surface area contributed by atoms with Crippen molar-refractivity contribution in [2.24, 2.45) is 0 Å². The van der Waals surface area contributed by atoms with Crippen LogP contribution in [0.1, 0.15) is 0 Å². The summed E-state index contributed by atoms with van der Waals surface area (Å²) >= 11 is 0. The first-order valence-corrected chi connectivity index (χ1v) is 7.74. The Morgan fingerprint density at radius 2 is 0.964 bits per heavy atom. The Hall–Kier alpha value is -3.82. The number of carbonyl (C=O) groups excluding carboxylic acids is 4. The molecule has 0 saturated heterocycles. The van der Waals surface area contributed by atoms with Crippen LogP contribution in [0.2, 0.25) is 0 Å². The normalized spacial score (nSPS) is 11.1. The van der Waals surface area contributed by atoms with Gasteiger partial charge >= 0.3 is 23.9 Å². The SMILES string of the molecule is COC(=O)/C=C(\Nc1ccc(N/C(=C/C(=O)OC)C(=O)OC)cc1)C(=O)OC. The maximum atomic E-state index is 11.7. The second-order valence-corrected chi connectivity index (χ2v) is 4.97. The van der Waals surface area contributed by atoms with Crippen molar-refractivity contribution < 1.29 is 38.1 Å². The lowest BCUT2D eigenvalue weighted by atomic mass is 10.2. The molecule has 0 bridgehead atoms. The summed E-state index contributed by atoms with van der Waals surface area (Å²) in [5, 5.41) is 5.46.